The van der Waals surface area contributed by atoms with Gasteiger partial charge in [-0.2, -0.15) is 0 Å². The summed E-state index contributed by atoms with van der Waals surface area (Å²) in [6.45, 7) is 0. The number of rotatable bonds is 1. The fourth-order valence-electron chi connectivity index (χ4n) is 0.611. The molecular weight excluding hydrogens is 298 g/mol. The van der Waals surface area contributed by atoms with Crippen LogP contribution in [-0.2, 0) is 0 Å². The first-order valence-electron chi connectivity index (χ1n) is 3.19. The minimum Gasteiger partial charge on any atom is -0.276 e. The molecule has 1 aromatic carbocycles. The van der Waals surface area contributed by atoms with E-state index in [1.165, 1.54) is 0 Å². The van der Waals surface area contributed by atoms with Crippen LogP contribution in [0.15, 0.2) is 28.7 Å². The average molecular weight is 304 g/mol. The highest BCUT2D eigenvalue weighted by Gasteiger charge is 1.99. The van der Waals surface area contributed by atoms with Crippen LogP contribution in [0.2, 0.25) is 0 Å². The van der Waals surface area contributed by atoms with Crippen LogP contribution < -0.4 is 0 Å². The fourth-order valence-corrected chi connectivity index (χ4v) is 1.13. The predicted molar refractivity (Wildman–Crippen MR) is 60.9 cm³/mol. The van der Waals surface area contributed by atoms with Gasteiger partial charge in [-0.1, -0.05) is 28.1 Å². The van der Waals surface area contributed by atoms with Crippen molar-refractivity contribution in [3.8, 4) is 0 Å². The summed E-state index contributed by atoms with van der Waals surface area (Å²) in [5.41, 5.74) is 0.510. The Bertz CT molecular complexity index is 278. The monoisotopic (exact) mass is 302 g/mol. The van der Waals surface area contributed by atoms with Crippen LogP contribution in [0.5, 0.6) is 0 Å². The van der Waals surface area contributed by atoms with Crippen molar-refractivity contribution in [1.82, 2.24) is 0 Å². The van der Waals surface area contributed by atoms with Gasteiger partial charge in [-0.25, -0.2) is 0 Å². The van der Waals surface area contributed by atoms with Crippen molar-refractivity contribution >= 4 is 56.0 Å². The first-order valence-corrected chi connectivity index (χ1v) is 5.43. The second-order valence-corrected chi connectivity index (χ2v) is 3.95. The molecule has 1 aromatic rings. The van der Waals surface area contributed by atoms with Crippen molar-refractivity contribution in [2.75, 3.05) is 5.34 Å². The molecule has 0 aliphatic heterocycles. The standard InChI is InChI=1S/C7H4BrClO.CH2Cl2/c8-6-3-1-2-5(4-6)7(9)10;2-1-3/h1-4H;1H2. The molecular formula is C8H6BrCl3O. The van der Waals surface area contributed by atoms with Crippen LogP contribution in [0.25, 0.3) is 0 Å². The second kappa shape index (κ2) is 7.63. The number of hydrogen-bond acceptors (Lipinski definition) is 1. The normalized spacial score (nSPS) is 8.62. The molecule has 0 spiro atoms. The van der Waals surface area contributed by atoms with E-state index in [9.17, 15) is 4.79 Å². The van der Waals surface area contributed by atoms with E-state index in [1.807, 2.05) is 6.07 Å². The molecule has 0 bridgehead atoms. The van der Waals surface area contributed by atoms with Crippen molar-refractivity contribution < 1.29 is 4.79 Å². The summed E-state index contributed by atoms with van der Waals surface area (Å²) in [4.78, 5) is 10.5. The van der Waals surface area contributed by atoms with Crippen molar-refractivity contribution in [1.29, 1.82) is 0 Å². The molecule has 0 heterocycles. The SMILES string of the molecule is ClCCl.O=C(Cl)c1cccc(Br)c1. The van der Waals surface area contributed by atoms with E-state index in [1.54, 1.807) is 18.2 Å². The van der Waals surface area contributed by atoms with Crippen LogP contribution >= 0.6 is 50.7 Å². The van der Waals surface area contributed by atoms with Crippen molar-refractivity contribution in [3.05, 3.63) is 34.3 Å². The number of benzene rings is 1. The van der Waals surface area contributed by atoms with E-state index >= 15 is 0 Å². The minimum atomic E-state index is -0.429. The summed E-state index contributed by atoms with van der Waals surface area (Å²) in [5.74, 6) is 0. The zero-order chi connectivity index (χ0) is 10.3. The Hall–Kier alpha value is 0.240. The van der Waals surface area contributed by atoms with E-state index in [0.29, 0.717) is 5.56 Å². The molecule has 5 heteroatoms. The van der Waals surface area contributed by atoms with Crippen LogP contribution in [0.4, 0.5) is 0 Å². The molecule has 0 aliphatic carbocycles. The van der Waals surface area contributed by atoms with Gasteiger partial charge >= 0.3 is 0 Å². The molecule has 1 nitrogen and oxygen atoms in total. The van der Waals surface area contributed by atoms with Gasteiger partial charge in [0.1, 0.15) is 0 Å². The third-order valence-electron chi connectivity index (χ3n) is 1.05. The van der Waals surface area contributed by atoms with Crippen molar-refractivity contribution in [2.45, 2.75) is 0 Å². The lowest BCUT2D eigenvalue weighted by Crippen LogP contribution is -1.86. The molecule has 13 heavy (non-hydrogen) atoms. The molecule has 1 rings (SSSR count). The van der Waals surface area contributed by atoms with Gasteiger partial charge in [-0.05, 0) is 23.7 Å². The van der Waals surface area contributed by atoms with Crippen molar-refractivity contribution in [2.24, 2.45) is 0 Å². The third-order valence-corrected chi connectivity index (χ3v) is 1.76. The van der Waals surface area contributed by atoms with Gasteiger partial charge in [0.25, 0.3) is 5.24 Å². The number of alkyl halides is 2. The quantitative estimate of drug-likeness (QED) is 0.560. The van der Waals surface area contributed by atoms with Gasteiger partial charge in [0.2, 0.25) is 0 Å². The lowest BCUT2D eigenvalue weighted by molar-refractivity contribution is 0.108. The average Bonchev–Trinajstić information content (AvgIpc) is 2.05. The lowest BCUT2D eigenvalue weighted by Gasteiger charge is -1.92. The molecule has 0 N–H and O–H groups in total. The summed E-state index contributed by atoms with van der Waals surface area (Å²) >= 11 is 18.0. The Morgan fingerprint density at radius 2 is 1.92 bits per heavy atom. The van der Waals surface area contributed by atoms with Gasteiger partial charge in [-0.15, -0.1) is 23.2 Å². The van der Waals surface area contributed by atoms with Crippen molar-refractivity contribution in [3.63, 3.8) is 0 Å². The van der Waals surface area contributed by atoms with Gasteiger partial charge in [-0.3, -0.25) is 4.79 Å². The number of carbonyl (C=O) groups excluding carboxylic acids is 1. The van der Waals surface area contributed by atoms with Gasteiger partial charge in [0.15, 0.2) is 0 Å². The Balaban J connectivity index is 0.000000424. The highest BCUT2D eigenvalue weighted by atomic mass is 79.9. The van der Waals surface area contributed by atoms with E-state index in [0.717, 1.165) is 4.47 Å². The first-order chi connectivity index (χ1) is 6.11. The highest BCUT2D eigenvalue weighted by molar-refractivity contribution is 9.10. The van der Waals surface area contributed by atoms with E-state index in [4.69, 9.17) is 34.8 Å². The molecule has 0 fully saturated rings. The first kappa shape index (κ1) is 13.2. The fraction of sp³-hybridized carbons (Fsp3) is 0.125. The molecule has 0 amide bonds. The Labute approximate surface area is 100 Å². The van der Waals surface area contributed by atoms with Crippen LogP contribution in [0.3, 0.4) is 0 Å². The molecule has 0 aromatic heterocycles. The van der Waals surface area contributed by atoms with Crippen LogP contribution in [0, 0.1) is 0 Å². The summed E-state index contributed by atoms with van der Waals surface area (Å²) in [6.07, 6.45) is 0. The maximum absolute atomic E-state index is 10.5. The number of carbonyl (C=O) groups is 1. The van der Waals surface area contributed by atoms with Gasteiger partial charge in [0.05, 0.1) is 5.34 Å². The summed E-state index contributed by atoms with van der Waals surface area (Å²) in [7, 11) is 0. The molecule has 0 aliphatic rings. The molecule has 72 valence electrons. The number of halogens is 4. The van der Waals surface area contributed by atoms with E-state index < -0.39 is 5.24 Å². The molecule has 0 unspecified atom stereocenters. The van der Waals surface area contributed by atoms with Crippen LogP contribution in [-0.4, -0.2) is 10.6 Å². The number of hydrogen-bond donors (Lipinski definition) is 0. The minimum absolute atomic E-state index is 0.194. The third kappa shape index (κ3) is 6.33. The molecule has 0 saturated heterocycles. The molecule has 0 saturated carbocycles. The maximum Gasteiger partial charge on any atom is 0.252 e. The lowest BCUT2D eigenvalue weighted by atomic mass is 10.2. The second-order valence-electron chi connectivity index (χ2n) is 1.89. The Kier molecular flexibility index (Phi) is 7.77. The Morgan fingerprint density at radius 3 is 2.23 bits per heavy atom. The molecule has 0 radical (unpaired) electrons. The Morgan fingerprint density at radius 1 is 1.38 bits per heavy atom. The molecule has 0 atom stereocenters. The summed E-state index contributed by atoms with van der Waals surface area (Å²) < 4.78 is 0.860. The van der Waals surface area contributed by atoms with E-state index in [2.05, 4.69) is 15.9 Å². The topological polar surface area (TPSA) is 17.1 Å². The predicted octanol–water partition coefficient (Wildman–Crippen LogP) is 4.25. The van der Waals surface area contributed by atoms with E-state index in [-0.39, 0.29) is 5.34 Å². The summed E-state index contributed by atoms with van der Waals surface area (Å²) in [5, 5.41) is -0.235. The largest absolute Gasteiger partial charge is 0.276 e. The highest BCUT2D eigenvalue weighted by Crippen LogP contribution is 2.12. The zero-order valence-electron chi connectivity index (χ0n) is 6.44. The smallest absolute Gasteiger partial charge is 0.252 e. The van der Waals surface area contributed by atoms with Gasteiger partial charge < -0.3 is 0 Å². The van der Waals surface area contributed by atoms with Gasteiger partial charge in [0, 0.05) is 10.0 Å². The van der Waals surface area contributed by atoms with Crippen LogP contribution in [0.1, 0.15) is 10.4 Å². The maximum atomic E-state index is 10.5. The summed E-state index contributed by atoms with van der Waals surface area (Å²) in [6, 6.07) is 6.94. The zero-order valence-corrected chi connectivity index (χ0v) is 10.3.